The first kappa shape index (κ1) is 17.7. The summed E-state index contributed by atoms with van der Waals surface area (Å²) in [5.74, 6) is 1.05. The highest BCUT2D eigenvalue weighted by Gasteiger charge is 2.30. The highest BCUT2D eigenvalue weighted by molar-refractivity contribution is 7.71. The minimum Gasteiger partial charge on any atom is -0.332 e. The first-order valence-electron chi connectivity index (χ1n) is 9.11. The van der Waals surface area contributed by atoms with Crippen LogP contribution in [0.1, 0.15) is 43.1 Å². The third kappa shape index (κ3) is 3.21. The van der Waals surface area contributed by atoms with Crippen LogP contribution in [0.4, 0.5) is 5.82 Å². The van der Waals surface area contributed by atoms with E-state index in [0.717, 1.165) is 0 Å². The molecule has 2 heterocycles. The van der Waals surface area contributed by atoms with Gasteiger partial charge in [0.1, 0.15) is 5.82 Å². The molecule has 2 aromatic heterocycles. The standard InChI is InChI=1S/C19H21N5O2S/c1-3-23-18(26)14-7-6-13(10-15(14)21-19(23)27)17(25)22-16-8-9-20-24(16)11(2)12-4-5-12/h6-12H,3-5H2,1-2H3,(H,21,27)(H,22,25). The molecular weight excluding hydrogens is 362 g/mol. The Hall–Kier alpha value is -2.74. The van der Waals surface area contributed by atoms with Gasteiger partial charge in [-0.15, -0.1) is 0 Å². The molecule has 1 atom stereocenters. The zero-order chi connectivity index (χ0) is 19.1. The molecule has 0 spiro atoms. The van der Waals surface area contributed by atoms with Gasteiger partial charge in [-0.3, -0.25) is 14.2 Å². The molecule has 27 heavy (non-hydrogen) atoms. The average molecular weight is 383 g/mol. The number of aromatic nitrogens is 4. The summed E-state index contributed by atoms with van der Waals surface area (Å²) in [7, 11) is 0. The van der Waals surface area contributed by atoms with Gasteiger partial charge in [0.05, 0.1) is 23.1 Å². The molecule has 8 heteroatoms. The van der Waals surface area contributed by atoms with Crippen molar-refractivity contribution in [3.63, 3.8) is 0 Å². The normalized spacial score (nSPS) is 15.0. The molecule has 7 nitrogen and oxygen atoms in total. The van der Waals surface area contributed by atoms with Gasteiger partial charge in [0, 0.05) is 18.2 Å². The van der Waals surface area contributed by atoms with Gasteiger partial charge in [-0.05, 0) is 63.0 Å². The number of fused-ring (bicyclic) bond motifs is 1. The van der Waals surface area contributed by atoms with E-state index in [1.165, 1.54) is 17.4 Å². The Morgan fingerprint density at radius 3 is 2.89 bits per heavy atom. The van der Waals surface area contributed by atoms with Crippen LogP contribution in [0.2, 0.25) is 0 Å². The van der Waals surface area contributed by atoms with E-state index >= 15 is 0 Å². The maximum atomic E-state index is 12.7. The van der Waals surface area contributed by atoms with E-state index in [1.54, 1.807) is 30.5 Å². The van der Waals surface area contributed by atoms with Gasteiger partial charge < -0.3 is 10.3 Å². The number of rotatable bonds is 5. The van der Waals surface area contributed by atoms with Crippen LogP contribution in [-0.2, 0) is 6.54 Å². The predicted molar refractivity (Wildman–Crippen MR) is 107 cm³/mol. The molecule has 0 radical (unpaired) electrons. The molecule has 1 amide bonds. The molecule has 1 fully saturated rings. The van der Waals surface area contributed by atoms with Gasteiger partial charge in [0.2, 0.25) is 0 Å². The quantitative estimate of drug-likeness (QED) is 0.661. The minimum absolute atomic E-state index is 0.153. The summed E-state index contributed by atoms with van der Waals surface area (Å²) in [6.45, 7) is 4.48. The SMILES string of the molecule is CCn1c(=S)[nH]c2cc(C(=O)Nc3ccnn3C(C)C3CC3)ccc2c1=O. The zero-order valence-corrected chi connectivity index (χ0v) is 16.0. The number of hydrogen-bond donors (Lipinski definition) is 2. The number of nitrogens with zero attached hydrogens (tertiary/aromatic N) is 3. The summed E-state index contributed by atoms with van der Waals surface area (Å²) in [4.78, 5) is 28.2. The summed E-state index contributed by atoms with van der Waals surface area (Å²) < 4.78 is 3.71. The van der Waals surface area contributed by atoms with Gasteiger partial charge in [-0.2, -0.15) is 5.10 Å². The molecule has 0 saturated heterocycles. The third-order valence-corrected chi connectivity index (χ3v) is 5.48. The number of aromatic amines is 1. The Bertz CT molecular complexity index is 1140. The van der Waals surface area contributed by atoms with Crippen LogP contribution in [0.25, 0.3) is 10.9 Å². The van der Waals surface area contributed by atoms with E-state index in [2.05, 4.69) is 22.3 Å². The number of anilines is 1. The van der Waals surface area contributed by atoms with Crippen LogP contribution >= 0.6 is 12.2 Å². The Balaban J connectivity index is 1.65. The Morgan fingerprint density at radius 2 is 2.19 bits per heavy atom. The van der Waals surface area contributed by atoms with E-state index in [4.69, 9.17) is 12.2 Å². The van der Waals surface area contributed by atoms with Gasteiger partial charge in [-0.1, -0.05) is 0 Å². The first-order chi connectivity index (χ1) is 13.0. The van der Waals surface area contributed by atoms with Crippen LogP contribution in [0.15, 0.2) is 35.3 Å². The van der Waals surface area contributed by atoms with Crippen LogP contribution in [0.3, 0.4) is 0 Å². The summed E-state index contributed by atoms with van der Waals surface area (Å²) in [6, 6.07) is 7.03. The van der Waals surface area contributed by atoms with Crippen molar-refractivity contribution in [1.29, 1.82) is 0 Å². The highest BCUT2D eigenvalue weighted by atomic mass is 32.1. The molecule has 1 unspecified atom stereocenters. The second kappa shape index (κ2) is 6.77. The number of hydrogen-bond acceptors (Lipinski definition) is 4. The molecule has 0 bridgehead atoms. The highest BCUT2D eigenvalue weighted by Crippen LogP contribution is 2.40. The summed E-state index contributed by atoms with van der Waals surface area (Å²) in [5, 5.41) is 7.79. The van der Waals surface area contributed by atoms with E-state index < -0.39 is 0 Å². The van der Waals surface area contributed by atoms with Crippen LogP contribution < -0.4 is 10.9 Å². The Kier molecular flexibility index (Phi) is 4.43. The average Bonchev–Trinajstić information content (AvgIpc) is 3.40. The molecule has 2 N–H and O–H groups in total. The fourth-order valence-electron chi connectivity index (χ4n) is 3.39. The van der Waals surface area contributed by atoms with Crippen LogP contribution in [-0.4, -0.2) is 25.2 Å². The van der Waals surface area contributed by atoms with Gasteiger partial charge in [0.25, 0.3) is 11.5 Å². The fraction of sp³-hybridized carbons (Fsp3) is 0.368. The number of carbonyl (C=O) groups is 1. The lowest BCUT2D eigenvalue weighted by Gasteiger charge is -2.15. The number of nitrogens with one attached hydrogen (secondary N) is 2. The van der Waals surface area contributed by atoms with Gasteiger partial charge in [0.15, 0.2) is 4.77 Å². The van der Waals surface area contributed by atoms with Crippen molar-refractivity contribution in [3.05, 3.63) is 51.2 Å². The van der Waals surface area contributed by atoms with Gasteiger partial charge in [-0.25, -0.2) is 4.68 Å². The number of benzene rings is 1. The third-order valence-electron chi connectivity index (χ3n) is 5.16. The molecule has 1 saturated carbocycles. The van der Waals surface area contributed by atoms with Crippen molar-refractivity contribution in [3.8, 4) is 0 Å². The topological polar surface area (TPSA) is 84.7 Å². The van der Waals surface area contributed by atoms with E-state index in [0.29, 0.717) is 39.5 Å². The Morgan fingerprint density at radius 1 is 1.41 bits per heavy atom. The van der Waals surface area contributed by atoms with Crippen molar-refractivity contribution in [1.82, 2.24) is 19.3 Å². The van der Waals surface area contributed by atoms with Crippen molar-refractivity contribution >= 4 is 34.8 Å². The van der Waals surface area contributed by atoms with Crippen molar-refractivity contribution in [2.45, 2.75) is 39.3 Å². The van der Waals surface area contributed by atoms with Crippen molar-refractivity contribution in [2.75, 3.05) is 5.32 Å². The fourth-order valence-corrected chi connectivity index (χ4v) is 3.71. The molecule has 3 aromatic rings. The molecule has 1 aliphatic carbocycles. The maximum absolute atomic E-state index is 12.7. The summed E-state index contributed by atoms with van der Waals surface area (Å²) in [5.41, 5.74) is 0.857. The van der Waals surface area contributed by atoms with Crippen molar-refractivity contribution < 1.29 is 4.79 Å². The lowest BCUT2D eigenvalue weighted by atomic mass is 10.1. The van der Waals surface area contributed by atoms with Crippen molar-refractivity contribution in [2.24, 2.45) is 5.92 Å². The minimum atomic E-state index is -0.249. The first-order valence-corrected chi connectivity index (χ1v) is 9.52. The van der Waals surface area contributed by atoms with Crippen LogP contribution in [0, 0.1) is 10.7 Å². The smallest absolute Gasteiger partial charge is 0.262 e. The largest absolute Gasteiger partial charge is 0.332 e. The van der Waals surface area contributed by atoms with Gasteiger partial charge >= 0.3 is 0 Å². The summed E-state index contributed by atoms with van der Waals surface area (Å²) in [6.07, 6.45) is 4.10. The predicted octanol–water partition coefficient (Wildman–Crippen LogP) is 3.50. The molecular formula is C19H21N5O2S. The monoisotopic (exact) mass is 383 g/mol. The Labute approximate surface area is 161 Å². The summed E-state index contributed by atoms with van der Waals surface area (Å²) >= 11 is 5.24. The second-order valence-electron chi connectivity index (χ2n) is 6.93. The molecule has 0 aliphatic heterocycles. The van der Waals surface area contributed by atoms with E-state index in [1.807, 2.05) is 11.6 Å². The molecule has 4 rings (SSSR count). The van der Waals surface area contributed by atoms with Crippen LogP contribution in [0.5, 0.6) is 0 Å². The molecule has 140 valence electrons. The number of amides is 1. The maximum Gasteiger partial charge on any atom is 0.262 e. The lowest BCUT2D eigenvalue weighted by molar-refractivity contribution is 0.102. The molecule has 1 aromatic carbocycles. The zero-order valence-electron chi connectivity index (χ0n) is 15.2. The lowest BCUT2D eigenvalue weighted by Crippen LogP contribution is -2.22. The second-order valence-corrected chi connectivity index (χ2v) is 7.32. The van der Waals surface area contributed by atoms with E-state index in [-0.39, 0.29) is 17.5 Å². The molecule has 1 aliphatic rings. The van der Waals surface area contributed by atoms with E-state index in [9.17, 15) is 9.59 Å². The number of H-pyrrole nitrogens is 1. The number of carbonyl (C=O) groups excluding carboxylic acids is 1.